The van der Waals surface area contributed by atoms with Crippen molar-refractivity contribution in [2.45, 2.75) is 18.7 Å². The highest BCUT2D eigenvalue weighted by molar-refractivity contribution is 7.92. The Morgan fingerprint density at radius 1 is 1.04 bits per heavy atom. The van der Waals surface area contributed by atoms with Crippen LogP contribution in [0.5, 0.6) is 11.5 Å². The number of anilines is 1. The summed E-state index contributed by atoms with van der Waals surface area (Å²) in [7, 11) is -1.33. The molecule has 0 aromatic heterocycles. The minimum Gasteiger partial charge on any atom is -0.493 e. The van der Waals surface area contributed by atoms with Crippen molar-refractivity contribution in [1.82, 2.24) is 0 Å². The normalized spacial score (nSPS) is 11.1. The van der Waals surface area contributed by atoms with Gasteiger partial charge in [-0.2, -0.15) is 0 Å². The first-order valence-corrected chi connectivity index (χ1v) is 9.25. The van der Waals surface area contributed by atoms with Crippen molar-refractivity contribution in [2.75, 3.05) is 18.9 Å². The Bertz CT molecular complexity index is 972. The first-order chi connectivity index (χ1) is 12.1. The molecular formula is C17H18ClNO6S. The molecule has 0 saturated heterocycles. The summed E-state index contributed by atoms with van der Waals surface area (Å²) in [6.45, 7) is 3.28. The third kappa shape index (κ3) is 3.86. The number of carboxylic acid groups (broad SMARTS) is 1. The summed E-state index contributed by atoms with van der Waals surface area (Å²) in [6.07, 6.45) is 0. The third-order valence-electron chi connectivity index (χ3n) is 3.74. The van der Waals surface area contributed by atoms with Crippen molar-refractivity contribution in [3.05, 3.63) is 46.0 Å². The van der Waals surface area contributed by atoms with Crippen LogP contribution in [0.1, 0.15) is 21.5 Å². The number of hydrogen-bond donors (Lipinski definition) is 2. The van der Waals surface area contributed by atoms with E-state index in [9.17, 15) is 18.3 Å². The zero-order chi connectivity index (χ0) is 19.6. The van der Waals surface area contributed by atoms with Gasteiger partial charge in [0.25, 0.3) is 10.0 Å². The van der Waals surface area contributed by atoms with Gasteiger partial charge in [0.05, 0.1) is 30.4 Å². The standard InChI is InChI=1S/C17H18ClNO6S/c1-9-6-16(10(2)5-12(9)18)26(22,23)19-13-8-15(25-4)14(24-3)7-11(13)17(20)21/h5-8,19H,1-4H3,(H,20,21). The number of methoxy groups -OCH3 is 2. The van der Waals surface area contributed by atoms with Crippen LogP contribution in [-0.2, 0) is 10.0 Å². The van der Waals surface area contributed by atoms with Crippen LogP contribution in [0.4, 0.5) is 5.69 Å². The number of sulfonamides is 1. The zero-order valence-electron chi connectivity index (χ0n) is 14.6. The predicted molar refractivity (Wildman–Crippen MR) is 98.2 cm³/mol. The maximum atomic E-state index is 12.8. The summed E-state index contributed by atoms with van der Waals surface area (Å²) in [4.78, 5) is 11.5. The Hall–Kier alpha value is -2.45. The number of carbonyl (C=O) groups is 1. The van der Waals surface area contributed by atoms with Gasteiger partial charge in [-0.05, 0) is 37.1 Å². The average Bonchev–Trinajstić information content (AvgIpc) is 2.56. The largest absolute Gasteiger partial charge is 0.493 e. The van der Waals surface area contributed by atoms with Crippen LogP contribution in [0.3, 0.4) is 0 Å². The van der Waals surface area contributed by atoms with Crippen LogP contribution in [-0.4, -0.2) is 33.7 Å². The Morgan fingerprint density at radius 3 is 2.15 bits per heavy atom. The summed E-state index contributed by atoms with van der Waals surface area (Å²) >= 11 is 6.01. The lowest BCUT2D eigenvalue weighted by atomic mass is 10.1. The molecule has 0 atom stereocenters. The number of carboxylic acids is 1. The van der Waals surface area contributed by atoms with Crippen molar-refractivity contribution in [3.8, 4) is 11.5 Å². The molecule has 0 saturated carbocycles. The summed E-state index contributed by atoms with van der Waals surface area (Å²) < 4.78 is 38.1. The van der Waals surface area contributed by atoms with Gasteiger partial charge in [0, 0.05) is 17.2 Å². The van der Waals surface area contributed by atoms with Gasteiger partial charge in [0.2, 0.25) is 0 Å². The molecule has 2 aromatic rings. The van der Waals surface area contributed by atoms with Crippen molar-refractivity contribution in [1.29, 1.82) is 0 Å². The lowest BCUT2D eigenvalue weighted by Gasteiger charge is -2.16. The minimum absolute atomic E-state index is 0.00511. The second-order valence-electron chi connectivity index (χ2n) is 5.53. The molecule has 2 N–H and O–H groups in total. The smallest absolute Gasteiger partial charge is 0.337 e. The van der Waals surface area contributed by atoms with Crippen molar-refractivity contribution >= 4 is 33.3 Å². The maximum Gasteiger partial charge on any atom is 0.337 e. The number of aryl methyl sites for hydroxylation is 2. The van der Waals surface area contributed by atoms with Crippen LogP contribution in [0.15, 0.2) is 29.2 Å². The quantitative estimate of drug-likeness (QED) is 0.771. The molecular weight excluding hydrogens is 382 g/mol. The molecule has 0 fully saturated rings. The van der Waals surface area contributed by atoms with Gasteiger partial charge in [0.15, 0.2) is 11.5 Å². The molecule has 2 aromatic carbocycles. The Balaban J connectivity index is 2.59. The van der Waals surface area contributed by atoms with Crippen LogP contribution in [0.25, 0.3) is 0 Å². The van der Waals surface area contributed by atoms with Gasteiger partial charge in [-0.1, -0.05) is 11.6 Å². The fourth-order valence-electron chi connectivity index (χ4n) is 2.38. The first kappa shape index (κ1) is 19.9. The molecule has 9 heteroatoms. The van der Waals surface area contributed by atoms with E-state index in [4.69, 9.17) is 21.1 Å². The Labute approximate surface area is 156 Å². The summed E-state index contributed by atoms with van der Waals surface area (Å²) in [6, 6.07) is 5.43. The fraction of sp³-hybridized carbons (Fsp3) is 0.235. The van der Waals surface area contributed by atoms with E-state index < -0.39 is 16.0 Å². The highest BCUT2D eigenvalue weighted by Gasteiger charge is 2.23. The van der Waals surface area contributed by atoms with E-state index in [2.05, 4.69) is 4.72 Å². The number of aromatic carboxylic acids is 1. The molecule has 0 amide bonds. The predicted octanol–water partition coefficient (Wildman–Crippen LogP) is 3.47. The molecule has 0 aliphatic heterocycles. The minimum atomic E-state index is -4.05. The Kier molecular flexibility index (Phi) is 5.68. The van der Waals surface area contributed by atoms with Gasteiger partial charge >= 0.3 is 5.97 Å². The van der Waals surface area contributed by atoms with Gasteiger partial charge in [-0.25, -0.2) is 13.2 Å². The van der Waals surface area contributed by atoms with Crippen molar-refractivity contribution in [3.63, 3.8) is 0 Å². The second-order valence-corrected chi connectivity index (χ2v) is 7.59. The summed E-state index contributed by atoms with van der Waals surface area (Å²) in [5.41, 5.74) is 0.616. The highest BCUT2D eigenvalue weighted by atomic mass is 35.5. The Morgan fingerprint density at radius 2 is 1.62 bits per heavy atom. The summed E-state index contributed by atoms with van der Waals surface area (Å²) in [5, 5.41) is 9.85. The number of ether oxygens (including phenoxy) is 2. The topological polar surface area (TPSA) is 102 Å². The molecule has 140 valence electrons. The van der Waals surface area contributed by atoms with E-state index in [1.165, 1.54) is 38.5 Å². The molecule has 0 heterocycles. The number of nitrogens with one attached hydrogen (secondary N) is 1. The van der Waals surface area contributed by atoms with Crippen molar-refractivity contribution < 1.29 is 27.8 Å². The maximum absolute atomic E-state index is 12.8. The van der Waals surface area contributed by atoms with Crippen molar-refractivity contribution in [2.24, 2.45) is 0 Å². The lowest BCUT2D eigenvalue weighted by molar-refractivity contribution is 0.0697. The molecule has 26 heavy (non-hydrogen) atoms. The monoisotopic (exact) mass is 399 g/mol. The molecule has 0 bridgehead atoms. The van der Waals surface area contributed by atoms with E-state index in [-0.39, 0.29) is 27.6 Å². The number of benzene rings is 2. The van der Waals surface area contributed by atoms with Gasteiger partial charge in [-0.3, -0.25) is 4.72 Å². The van der Waals surface area contributed by atoms with E-state index in [0.717, 1.165) is 0 Å². The molecule has 0 aliphatic rings. The van der Waals surface area contributed by atoms with E-state index in [1.807, 2.05) is 0 Å². The van der Waals surface area contributed by atoms with E-state index in [0.29, 0.717) is 16.1 Å². The summed E-state index contributed by atoms with van der Waals surface area (Å²) in [5.74, 6) is -0.946. The molecule has 0 unspecified atom stereocenters. The van der Waals surface area contributed by atoms with Gasteiger partial charge < -0.3 is 14.6 Å². The fourth-order valence-corrected chi connectivity index (χ4v) is 3.99. The average molecular weight is 400 g/mol. The van der Waals surface area contributed by atoms with Crippen LogP contribution in [0.2, 0.25) is 5.02 Å². The second kappa shape index (κ2) is 7.43. The van der Waals surface area contributed by atoms with Crippen LogP contribution < -0.4 is 14.2 Å². The molecule has 2 rings (SSSR count). The molecule has 0 aliphatic carbocycles. The number of rotatable bonds is 6. The molecule has 0 spiro atoms. The highest BCUT2D eigenvalue weighted by Crippen LogP contribution is 2.35. The zero-order valence-corrected chi connectivity index (χ0v) is 16.2. The van der Waals surface area contributed by atoms with Gasteiger partial charge in [-0.15, -0.1) is 0 Å². The molecule has 0 radical (unpaired) electrons. The number of halogens is 1. The third-order valence-corrected chi connectivity index (χ3v) is 5.66. The molecule has 7 nitrogen and oxygen atoms in total. The van der Waals surface area contributed by atoms with E-state index >= 15 is 0 Å². The lowest BCUT2D eigenvalue weighted by Crippen LogP contribution is -2.17. The SMILES string of the molecule is COc1cc(NS(=O)(=O)c2cc(C)c(Cl)cc2C)c(C(=O)O)cc1OC. The van der Waals surface area contributed by atoms with E-state index in [1.54, 1.807) is 13.8 Å². The number of hydrogen-bond acceptors (Lipinski definition) is 5. The van der Waals surface area contributed by atoms with Gasteiger partial charge in [0.1, 0.15) is 0 Å². The van der Waals surface area contributed by atoms with Crippen LogP contribution >= 0.6 is 11.6 Å². The first-order valence-electron chi connectivity index (χ1n) is 7.39. The van der Waals surface area contributed by atoms with Crippen LogP contribution in [0, 0.1) is 13.8 Å².